The highest BCUT2D eigenvalue weighted by Crippen LogP contribution is 2.24. The molecule has 0 aromatic heterocycles. The van der Waals surface area contributed by atoms with Gasteiger partial charge >= 0.3 is 0 Å². The zero-order chi connectivity index (χ0) is 12.0. The number of rotatable bonds is 6. The lowest BCUT2D eigenvalue weighted by Gasteiger charge is -2.17. The van der Waals surface area contributed by atoms with Gasteiger partial charge in [-0.25, -0.2) is 0 Å². The zero-order valence-corrected chi connectivity index (χ0v) is 11.3. The zero-order valence-electron chi connectivity index (χ0n) is 10.5. The Kier molecular flexibility index (Phi) is 5.86. The van der Waals surface area contributed by atoms with Gasteiger partial charge in [-0.3, -0.25) is 0 Å². The van der Waals surface area contributed by atoms with Gasteiger partial charge in [0.2, 0.25) is 0 Å². The van der Waals surface area contributed by atoms with Crippen LogP contribution >= 0.6 is 11.6 Å². The van der Waals surface area contributed by atoms with Crippen LogP contribution in [0.15, 0.2) is 18.2 Å². The first-order valence-electron chi connectivity index (χ1n) is 6.11. The minimum absolute atomic E-state index is 0.434. The van der Waals surface area contributed by atoms with Crippen molar-refractivity contribution in [3.63, 3.8) is 0 Å². The molecule has 0 radical (unpaired) electrons. The number of hydrogen-bond acceptors (Lipinski definition) is 1. The third kappa shape index (κ3) is 4.15. The lowest BCUT2D eigenvalue weighted by atomic mass is 9.99. The van der Waals surface area contributed by atoms with E-state index in [0.29, 0.717) is 6.04 Å². The molecule has 0 aliphatic carbocycles. The van der Waals surface area contributed by atoms with Gasteiger partial charge in [-0.2, -0.15) is 0 Å². The lowest BCUT2D eigenvalue weighted by Crippen LogP contribution is -2.16. The fourth-order valence-corrected chi connectivity index (χ4v) is 2.34. The minimum Gasteiger partial charge on any atom is -0.313 e. The van der Waals surface area contributed by atoms with Crippen molar-refractivity contribution in [2.24, 2.45) is 0 Å². The summed E-state index contributed by atoms with van der Waals surface area (Å²) < 4.78 is 0. The van der Waals surface area contributed by atoms with E-state index in [1.807, 2.05) is 13.1 Å². The van der Waals surface area contributed by atoms with Crippen molar-refractivity contribution < 1.29 is 0 Å². The summed E-state index contributed by atoms with van der Waals surface area (Å²) in [4.78, 5) is 0. The summed E-state index contributed by atoms with van der Waals surface area (Å²) in [6.07, 6.45) is 5.03. The molecule has 0 saturated heterocycles. The van der Waals surface area contributed by atoms with Crippen LogP contribution in [-0.4, -0.2) is 7.05 Å². The van der Waals surface area contributed by atoms with Crippen LogP contribution in [0.1, 0.15) is 49.8 Å². The summed E-state index contributed by atoms with van der Waals surface area (Å²) in [6, 6.07) is 6.73. The number of unbranched alkanes of at least 4 members (excludes halogenated alkanes) is 2. The number of nitrogens with one attached hydrogen (secondary N) is 1. The SMILES string of the molecule is CCCCCC(NC)c1cc(C)cc(Cl)c1. The maximum atomic E-state index is 6.08. The van der Waals surface area contributed by atoms with E-state index in [2.05, 4.69) is 31.3 Å². The lowest BCUT2D eigenvalue weighted by molar-refractivity contribution is 0.512. The summed E-state index contributed by atoms with van der Waals surface area (Å²) in [5, 5.41) is 4.21. The third-order valence-electron chi connectivity index (χ3n) is 2.91. The second kappa shape index (κ2) is 6.93. The van der Waals surface area contributed by atoms with Gasteiger partial charge in [0.15, 0.2) is 0 Å². The highest BCUT2D eigenvalue weighted by atomic mass is 35.5. The second-order valence-electron chi connectivity index (χ2n) is 4.40. The molecule has 90 valence electrons. The van der Waals surface area contributed by atoms with Gasteiger partial charge in [-0.15, -0.1) is 0 Å². The van der Waals surface area contributed by atoms with Gasteiger partial charge in [0, 0.05) is 11.1 Å². The van der Waals surface area contributed by atoms with Crippen molar-refractivity contribution in [2.45, 2.75) is 45.6 Å². The Morgan fingerprint density at radius 2 is 2.00 bits per heavy atom. The first-order chi connectivity index (χ1) is 7.67. The smallest absolute Gasteiger partial charge is 0.0411 e. The van der Waals surface area contributed by atoms with E-state index in [9.17, 15) is 0 Å². The molecule has 0 aliphatic heterocycles. The molecule has 1 nitrogen and oxygen atoms in total. The van der Waals surface area contributed by atoms with E-state index in [-0.39, 0.29) is 0 Å². The Morgan fingerprint density at radius 1 is 1.25 bits per heavy atom. The molecular weight excluding hydrogens is 218 g/mol. The predicted molar refractivity (Wildman–Crippen MR) is 72.1 cm³/mol. The van der Waals surface area contributed by atoms with E-state index >= 15 is 0 Å². The van der Waals surface area contributed by atoms with Crippen LogP contribution in [0.25, 0.3) is 0 Å². The van der Waals surface area contributed by atoms with Gasteiger partial charge < -0.3 is 5.32 Å². The number of hydrogen-bond donors (Lipinski definition) is 1. The maximum Gasteiger partial charge on any atom is 0.0411 e. The third-order valence-corrected chi connectivity index (χ3v) is 3.13. The fraction of sp³-hybridized carbons (Fsp3) is 0.571. The largest absolute Gasteiger partial charge is 0.313 e. The van der Waals surface area contributed by atoms with Gasteiger partial charge in [-0.05, 0) is 43.7 Å². The van der Waals surface area contributed by atoms with Crippen LogP contribution in [0.3, 0.4) is 0 Å². The highest BCUT2D eigenvalue weighted by Gasteiger charge is 2.09. The molecule has 1 unspecified atom stereocenters. The number of aryl methyl sites for hydroxylation is 1. The molecule has 1 aromatic carbocycles. The van der Waals surface area contributed by atoms with Crippen molar-refractivity contribution in [1.82, 2.24) is 5.32 Å². The quantitative estimate of drug-likeness (QED) is 0.722. The van der Waals surface area contributed by atoms with Crippen molar-refractivity contribution in [2.75, 3.05) is 7.05 Å². The molecule has 1 rings (SSSR count). The molecule has 1 atom stereocenters. The van der Waals surface area contributed by atoms with Crippen LogP contribution in [0.4, 0.5) is 0 Å². The molecule has 0 spiro atoms. The minimum atomic E-state index is 0.434. The average molecular weight is 240 g/mol. The van der Waals surface area contributed by atoms with E-state index in [0.717, 1.165) is 5.02 Å². The first kappa shape index (κ1) is 13.5. The predicted octanol–water partition coefficient (Wildman–Crippen LogP) is 4.49. The van der Waals surface area contributed by atoms with Crippen molar-refractivity contribution in [3.05, 3.63) is 34.3 Å². The van der Waals surface area contributed by atoms with Crippen LogP contribution in [0, 0.1) is 6.92 Å². The van der Waals surface area contributed by atoms with Crippen molar-refractivity contribution >= 4 is 11.6 Å². The van der Waals surface area contributed by atoms with Crippen molar-refractivity contribution in [1.29, 1.82) is 0 Å². The Morgan fingerprint density at radius 3 is 2.56 bits per heavy atom. The molecule has 0 fully saturated rings. The Labute approximate surface area is 104 Å². The number of benzene rings is 1. The number of halogens is 1. The summed E-state index contributed by atoms with van der Waals surface area (Å²) >= 11 is 6.08. The summed E-state index contributed by atoms with van der Waals surface area (Å²) in [5.74, 6) is 0. The molecule has 1 N–H and O–H groups in total. The Balaban J connectivity index is 2.70. The van der Waals surface area contributed by atoms with Gasteiger partial charge in [0.25, 0.3) is 0 Å². The molecule has 0 heterocycles. The van der Waals surface area contributed by atoms with Crippen molar-refractivity contribution in [3.8, 4) is 0 Å². The second-order valence-corrected chi connectivity index (χ2v) is 4.84. The molecule has 0 amide bonds. The summed E-state index contributed by atoms with van der Waals surface area (Å²) in [7, 11) is 2.02. The van der Waals surface area contributed by atoms with Crippen LogP contribution in [0.5, 0.6) is 0 Å². The molecule has 0 aliphatic rings. The maximum absolute atomic E-state index is 6.08. The molecule has 2 heteroatoms. The topological polar surface area (TPSA) is 12.0 Å². The van der Waals surface area contributed by atoms with E-state index in [4.69, 9.17) is 11.6 Å². The standard InChI is InChI=1S/C14H22ClN/c1-4-5-6-7-14(16-3)12-8-11(2)9-13(15)10-12/h8-10,14,16H,4-7H2,1-3H3. The molecule has 0 bridgehead atoms. The Hall–Kier alpha value is -0.530. The molecule has 0 saturated carbocycles. The van der Waals surface area contributed by atoms with E-state index < -0.39 is 0 Å². The molecule has 16 heavy (non-hydrogen) atoms. The summed E-state index contributed by atoms with van der Waals surface area (Å²) in [6.45, 7) is 4.33. The van der Waals surface area contributed by atoms with Crippen LogP contribution in [-0.2, 0) is 0 Å². The fourth-order valence-electron chi connectivity index (χ4n) is 2.04. The Bertz CT molecular complexity index is 302. The average Bonchev–Trinajstić information content (AvgIpc) is 2.23. The van der Waals surface area contributed by atoms with E-state index in [1.165, 1.54) is 36.8 Å². The van der Waals surface area contributed by atoms with Gasteiger partial charge in [0.05, 0.1) is 0 Å². The van der Waals surface area contributed by atoms with Gasteiger partial charge in [0.1, 0.15) is 0 Å². The molecule has 1 aromatic rings. The normalized spacial score (nSPS) is 12.8. The molecular formula is C14H22ClN. The summed E-state index contributed by atoms with van der Waals surface area (Å²) in [5.41, 5.74) is 2.54. The van der Waals surface area contributed by atoms with Gasteiger partial charge in [-0.1, -0.05) is 43.9 Å². The van der Waals surface area contributed by atoms with Crippen LogP contribution < -0.4 is 5.32 Å². The highest BCUT2D eigenvalue weighted by molar-refractivity contribution is 6.30. The first-order valence-corrected chi connectivity index (χ1v) is 6.49. The van der Waals surface area contributed by atoms with Crippen LogP contribution in [0.2, 0.25) is 5.02 Å². The monoisotopic (exact) mass is 239 g/mol. The van der Waals surface area contributed by atoms with E-state index in [1.54, 1.807) is 0 Å².